The Morgan fingerprint density at radius 3 is 1.92 bits per heavy atom. The van der Waals surface area contributed by atoms with Crippen LogP contribution in [-0.2, 0) is 23.8 Å². The number of carbonyl (C=O) groups excluding carboxylic acids is 2. The van der Waals surface area contributed by atoms with Crippen LogP contribution in [0.1, 0.15) is 13.8 Å². The van der Waals surface area contributed by atoms with Crippen molar-refractivity contribution in [2.24, 2.45) is 0 Å². The molecule has 2 atom stereocenters. The number of fused-ring (bicyclic) bond motifs is 1. The van der Waals surface area contributed by atoms with E-state index >= 15 is 0 Å². The van der Waals surface area contributed by atoms with Crippen LogP contribution in [0.3, 0.4) is 0 Å². The van der Waals surface area contributed by atoms with Gasteiger partial charge in [0.05, 0.1) is 0 Å². The third-order valence-electron chi connectivity index (χ3n) is 1.76. The first-order chi connectivity index (χ1) is 5.49. The van der Waals surface area contributed by atoms with E-state index in [1.165, 1.54) is 0 Å². The molecule has 0 aromatic carbocycles. The van der Waals surface area contributed by atoms with Gasteiger partial charge in [-0.05, 0) is 13.8 Å². The average molecular weight is 172 g/mol. The van der Waals surface area contributed by atoms with Crippen molar-refractivity contribution in [1.29, 1.82) is 0 Å². The number of rotatable bonds is 0. The molecular formula is C7H8O5. The van der Waals surface area contributed by atoms with Crippen LogP contribution in [-0.4, -0.2) is 29.9 Å². The SMILES string of the molecule is CC1(C)OC2C(=O)OC(=O)C2O1. The Labute approximate surface area is 68.6 Å². The Hall–Kier alpha value is -0.940. The zero-order chi connectivity index (χ0) is 8.93. The molecule has 0 radical (unpaired) electrons. The summed E-state index contributed by atoms with van der Waals surface area (Å²) in [5.74, 6) is -2.18. The third kappa shape index (κ3) is 0.937. The van der Waals surface area contributed by atoms with E-state index in [0.29, 0.717) is 0 Å². The number of carbonyl (C=O) groups is 2. The van der Waals surface area contributed by atoms with E-state index in [1.54, 1.807) is 13.8 Å². The molecule has 0 N–H and O–H groups in total. The molecule has 2 unspecified atom stereocenters. The average Bonchev–Trinajstić information content (AvgIpc) is 2.34. The van der Waals surface area contributed by atoms with Crippen LogP contribution in [0.5, 0.6) is 0 Å². The molecular weight excluding hydrogens is 164 g/mol. The first-order valence-electron chi connectivity index (χ1n) is 3.61. The second-order valence-corrected chi connectivity index (χ2v) is 3.22. The van der Waals surface area contributed by atoms with Crippen LogP contribution in [0.2, 0.25) is 0 Å². The molecule has 2 fully saturated rings. The maximum Gasteiger partial charge on any atom is 0.346 e. The van der Waals surface area contributed by atoms with Gasteiger partial charge in [-0.2, -0.15) is 0 Å². The highest BCUT2D eigenvalue weighted by Crippen LogP contribution is 2.32. The van der Waals surface area contributed by atoms with Crippen LogP contribution < -0.4 is 0 Å². The van der Waals surface area contributed by atoms with Crippen LogP contribution in [0.25, 0.3) is 0 Å². The molecule has 0 amide bonds. The van der Waals surface area contributed by atoms with Crippen LogP contribution in [0, 0.1) is 0 Å². The van der Waals surface area contributed by atoms with Crippen molar-refractivity contribution >= 4 is 11.9 Å². The lowest BCUT2D eigenvalue weighted by Gasteiger charge is -2.16. The molecule has 0 aliphatic carbocycles. The van der Waals surface area contributed by atoms with Crippen molar-refractivity contribution in [3.63, 3.8) is 0 Å². The quantitative estimate of drug-likeness (QED) is 0.367. The van der Waals surface area contributed by atoms with Gasteiger partial charge in [0.15, 0.2) is 18.0 Å². The van der Waals surface area contributed by atoms with E-state index in [-0.39, 0.29) is 0 Å². The van der Waals surface area contributed by atoms with Gasteiger partial charge in [0.1, 0.15) is 0 Å². The first kappa shape index (κ1) is 7.70. The van der Waals surface area contributed by atoms with E-state index in [9.17, 15) is 9.59 Å². The molecule has 2 saturated heterocycles. The first-order valence-corrected chi connectivity index (χ1v) is 3.61. The van der Waals surface area contributed by atoms with Crippen molar-refractivity contribution in [2.45, 2.75) is 31.8 Å². The number of hydrogen-bond acceptors (Lipinski definition) is 5. The molecule has 12 heavy (non-hydrogen) atoms. The van der Waals surface area contributed by atoms with Gasteiger partial charge < -0.3 is 14.2 Å². The summed E-state index contributed by atoms with van der Waals surface area (Å²) >= 11 is 0. The third-order valence-corrected chi connectivity index (χ3v) is 1.76. The predicted octanol–water partition coefficient (Wildman–Crippen LogP) is -0.410. The summed E-state index contributed by atoms with van der Waals surface area (Å²) in [6.07, 6.45) is -1.74. The summed E-state index contributed by atoms with van der Waals surface area (Å²) in [6, 6.07) is 0. The fourth-order valence-corrected chi connectivity index (χ4v) is 1.32. The van der Waals surface area contributed by atoms with Gasteiger partial charge in [-0.15, -0.1) is 0 Å². The number of ether oxygens (including phenoxy) is 3. The fraction of sp³-hybridized carbons (Fsp3) is 0.714. The molecule has 66 valence electrons. The fourth-order valence-electron chi connectivity index (χ4n) is 1.32. The maximum atomic E-state index is 10.9. The van der Waals surface area contributed by atoms with Gasteiger partial charge in [-0.1, -0.05) is 0 Å². The second kappa shape index (κ2) is 2.05. The Kier molecular flexibility index (Phi) is 1.32. The molecule has 2 rings (SSSR count). The lowest BCUT2D eigenvalue weighted by molar-refractivity contribution is -0.186. The number of hydrogen-bond donors (Lipinski definition) is 0. The van der Waals surface area contributed by atoms with Gasteiger partial charge in [0, 0.05) is 0 Å². The number of esters is 2. The zero-order valence-electron chi connectivity index (χ0n) is 6.70. The summed E-state index contributed by atoms with van der Waals surface area (Å²) in [5, 5.41) is 0. The van der Waals surface area contributed by atoms with Crippen molar-refractivity contribution in [3.05, 3.63) is 0 Å². The lowest BCUT2D eigenvalue weighted by atomic mass is 10.2. The normalized spacial score (nSPS) is 38.2. The molecule has 2 heterocycles. The van der Waals surface area contributed by atoms with Crippen LogP contribution in [0.4, 0.5) is 0 Å². The van der Waals surface area contributed by atoms with Crippen molar-refractivity contribution < 1.29 is 23.8 Å². The molecule has 2 aliphatic rings. The van der Waals surface area contributed by atoms with E-state index in [4.69, 9.17) is 9.47 Å². The smallest absolute Gasteiger partial charge is 0.346 e. The Bertz CT molecular complexity index is 233. The van der Waals surface area contributed by atoms with Gasteiger partial charge >= 0.3 is 11.9 Å². The molecule has 5 nitrogen and oxygen atoms in total. The van der Waals surface area contributed by atoms with Crippen molar-refractivity contribution in [3.8, 4) is 0 Å². The van der Waals surface area contributed by atoms with E-state index in [1.807, 2.05) is 0 Å². The predicted molar refractivity (Wildman–Crippen MR) is 34.9 cm³/mol. The molecule has 2 aliphatic heterocycles. The molecule has 0 spiro atoms. The lowest BCUT2D eigenvalue weighted by Crippen LogP contribution is -2.25. The topological polar surface area (TPSA) is 61.8 Å². The minimum atomic E-state index is -0.871. The standard InChI is InChI=1S/C7H8O5/c1-7(2)11-3-4(12-7)6(9)10-5(3)8/h3-4H,1-2H3. The van der Waals surface area contributed by atoms with Gasteiger partial charge in [0.2, 0.25) is 0 Å². The minimum Gasteiger partial charge on any atom is -0.389 e. The second-order valence-electron chi connectivity index (χ2n) is 3.22. The van der Waals surface area contributed by atoms with Crippen LogP contribution in [0.15, 0.2) is 0 Å². The van der Waals surface area contributed by atoms with Crippen LogP contribution >= 0.6 is 0 Å². The number of cyclic esters (lactones) is 2. The van der Waals surface area contributed by atoms with Crippen molar-refractivity contribution in [1.82, 2.24) is 0 Å². The van der Waals surface area contributed by atoms with E-state index < -0.39 is 29.9 Å². The summed E-state index contributed by atoms with van der Waals surface area (Å²) in [4.78, 5) is 21.8. The summed E-state index contributed by atoms with van der Waals surface area (Å²) in [7, 11) is 0. The monoisotopic (exact) mass is 172 g/mol. The molecule has 0 saturated carbocycles. The summed E-state index contributed by atoms with van der Waals surface area (Å²) in [6.45, 7) is 3.29. The van der Waals surface area contributed by atoms with Gasteiger partial charge in [0.25, 0.3) is 0 Å². The zero-order valence-corrected chi connectivity index (χ0v) is 6.70. The molecule has 0 aromatic rings. The Balaban J connectivity index is 2.26. The summed E-state index contributed by atoms with van der Waals surface area (Å²) < 4.78 is 14.6. The molecule has 0 bridgehead atoms. The summed E-state index contributed by atoms with van der Waals surface area (Å²) in [5.41, 5.74) is 0. The largest absolute Gasteiger partial charge is 0.389 e. The van der Waals surface area contributed by atoms with E-state index in [2.05, 4.69) is 4.74 Å². The molecule has 5 heteroatoms. The Morgan fingerprint density at radius 1 is 1.08 bits per heavy atom. The van der Waals surface area contributed by atoms with E-state index in [0.717, 1.165) is 0 Å². The van der Waals surface area contributed by atoms with Gasteiger partial charge in [-0.25, -0.2) is 9.59 Å². The van der Waals surface area contributed by atoms with Gasteiger partial charge in [-0.3, -0.25) is 0 Å². The van der Waals surface area contributed by atoms with Crippen molar-refractivity contribution in [2.75, 3.05) is 0 Å². The maximum absolute atomic E-state index is 10.9. The highest BCUT2D eigenvalue weighted by atomic mass is 16.8. The minimum absolute atomic E-state index is 0.657. The highest BCUT2D eigenvalue weighted by molar-refractivity contribution is 6.00. The molecule has 0 aromatic heterocycles. The Morgan fingerprint density at radius 2 is 1.50 bits per heavy atom. The highest BCUT2D eigenvalue weighted by Gasteiger charge is 2.56.